The van der Waals surface area contributed by atoms with Crippen molar-refractivity contribution in [3.05, 3.63) is 18.0 Å². The number of hydrogen-bond donors (Lipinski definition) is 2. The molecule has 1 amide bonds. The number of rotatable bonds is 6. The Labute approximate surface area is 103 Å². The average Bonchev–Trinajstić information content (AvgIpc) is 2.70. The van der Waals surface area contributed by atoms with Crippen LogP contribution in [0.15, 0.2) is 12.3 Å². The molecule has 1 aromatic rings. The number of aromatic nitrogens is 2. The van der Waals surface area contributed by atoms with Gasteiger partial charge in [-0.3, -0.25) is 9.48 Å². The zero-order valence-electron chi connectivity index (χ0n) is 9.71. The van der Waals surface area contributed by atoms with Gasteiger partial charge in [-0.1, -0.05) is 0 Å². The zero-order valence-corrected chi connectivity index (χ0v) is 10.5. The fourth-order valence-corrected chi connectivity index (χ4v) is 1.73. The molecule has 0 aliphatic rings. The zero-order chi connectivity index (χ0) is 12.8. The summed E-state index contributed by atoms with van der Waals surface area (Å²) in [6.45, 7) is 0. The van der Waals surface area contributed by atoms with Crippen molar-refractivity contribution in [2.75, 3.05) is 12.0 Å². The number of nitrogens with one attached hydrogen (secondary N) is 1. The predicted octanol–water partition coefficient (Wildman–Crippen LogP) is 0.356. The van der Waals surface area contributed by atoms with Gasteiger partial charge in [0.25, 0.3) is 5.91 Å². The van der Waals surface area contributed by atoms with E-state index < -0.39 is 17.9 Å². The number of carboxylic acid groups (broad SMARTS) is 1. The van der Waals surface area contributed by atoms with Crippen LogP contribution in [-0.2, 0) is 11.8 Å². The number of aliphatic carboxylic acids is 1. The monoisotopic (exact) mass is 257 g/mol. The standard InChI is InChI=1S/C10H15N3O3S/c1-13-5-3-7(12-13)9(14)11-8(10(15)16)4-6-17-2/h3,5,8H,4,6H2,1-2H3,(H,11,14)(H,15,16)/t8-/m1/s1. The summed E-state index contributed by atoms with van der Waals surface area (Å²) < 4.78 is 1.49. The fourth-order valence-electron chi connectivity index (χ4n) is 1.26. The maximum absolute atomic E-state index is 11.7. The first-order valence-corrected chi connectivity index (χ1v) is 6.46. The number of thioether (sulfide) groups is 1. The van der Waals surface area contributed by atoms with Crippen LogP contribution in [0.2, 0.25) is 0 Å². The third kappa shape index (κ3) is 4.10. The van der Waals surface area contributed by atoms with Crippen LogP contribution in [0.3, 0.4) is 0 Å². The molecule has 7 heteroatoms. The molecule has 6 nitrogen and oxygen atoms in total. The molecule has 94 valence electrons. The largest absolute Gasteiger partial charge is 0.480 e. The van der Waals surface area contributed by atoms with E-state index in [9.17, 15) is 9.59 Å². The van der Waals surface area contributed by atoms with E-state index in [0.717, 1.165) is 0 Å². The topological polar surface area (TPSA) is 84.2 Å². The van der Waals surface area contributed by atoms with Crippen molar-refractivity contribution in [1.82, 2.24) is 15.1 Å². The number of carbonyl (C=O) groups excluding carboxylic acids is 1. The summed E-state index contributed by atoms with van der Waals surface area (Å²) in [7, 11) is 1.69. The van der Waals surface area contributed by atoms with Crippen LogP contribution in [0.25, 0.3) is 0 Å². The van der Waals surface area contributed by atoms with Gasteiger partial charge in [-0.15, -0.1) is 0 Å². The lowest BCUT2D eigenvalue weighted by Gasteiger charge is -2.12. The minimum atomic E-state index is -1.02. The smallest absolute Gasteiger partial charge is 0.326 e. The highest BCUT2D eigenvalue weighted by Gasteiger charge is 2.21. The average molecular weight is 257 g/mol. The van der Waals surface area contributed by atoms with Crippen molar-refractivity contribution >= 4 is 23.6 Å². The Morgan fingerprint density at radius 3 is 2.82 bits per heavy atom. The molecule has 0 bridgehead atoms. The van der Waals surface area contributed by atoms with Gasteiger partial charge < -0.3 is 10.4 Å². The van der Waals surface area contributed by atoms with Gasteiger partial charge in [0.15, 0.2) is 0 Å². The van der Waals surface area contributed by atoms with E-state index in [1.165, 1.54) is 4.68 Å². The predicted molar refractivity (Wildman–Crippen MR) is 65.1 cm³/mol. The molecule has 0 fully saturated rings. The summed E-state index contributed by atoms with van der Waals surface area (Å²) >= 11 is 1.54. The fraction of sp³-hybridized carbons (Fsp3) is 0.500. The van der Waals surface area contributed by atoms with Crippen LogP contribution in [0.1, 0.15) is 16.9 Å². The lowest BCUT2D eigenvalue weighted by molar-refractivity contribution is -0.139. The van der Waals surface area contributed by atoms with E-state index in [1.54, 1.807) is 31.1 Å². The van der Waals surface area contributed by atoms with E-state index in [2.05, 4.69) is 10.4 Å². The van der Waals surface area contributed by atoms with E-state index >= 15 is 0 Å². The van der Waals surface area contributed by atoms with Crippen molar-refractivity contribution in [2.45, 2.75) is 12.5 Å². The second-order valence-electron chi connectivity index (χ2n) is 3.52. The molecule has 0 saturated carbocycles. The summed E-state index contributed by atoms with van der Waals surface area (Å²) in [4.78, 5) is 22.6. The summed E-state index contributed by atoms with van der Waals surface area (Å²) in [5.41, 5.74) is 0.225. The van der Waals surface area contributed by atoms with Crippen LogP contribution in [-0.4, -0.2) is 44.8 Å². The Morgan fingerprint density at radius 1 is 1.65 bits per heavy atom. The maximum Gasteiger partial charge on any atom is 0.326 e. The van der Waals surface area contributed by atoms with E-state index in [1.807, 2.05) is 6.26 Å². The lowest BCUT2D eigenvalue weighted by atomic mass is 10.2. The Balaban J connectivity index is 2.60. The first-order chi connectivity index (χ1) is 8.04. The minimum Gasteiger partial charge on any atom is -0.480 e. The summed E-state index contributed by atoms with van der Waals surface area (Å²) in [6, 6.07) is 0.681. The normalized spacial score (nSPS) is 12.1. The molecule has 17 heavy (non-hydrogen) atoms. The molecular weight excluding hydrogens is 242 g/mol. The molecule has 1 atom stereocenters. The summed E-state index contributed by atoms with van der Waals surface area (Å²) in [6.07, 6.45) is 3.92. The Morgan fingerprint density at radius 2 is 2.35 bits per heavy atom. The van der Waals surface area contributed by atoms with Crippen LogP contribution in [0.4, 0.5) is 0 Å². The number of aryl methyl sites for hydroxylation is 1. The number of amides is 1. The van der Waals surface area contributed by atoms with E-state index in [-0.39, 0.29) is 5.69 Å². The molecule has 1 aromatic heterocycles. The number of carbonyl (C=O) groups is 2. The Bertz CT molecular complexity index is 405. The highest BCUT2D eigenvalue weighted by Crippen LogP contribution is 2.02. The van der Waals surface area contributed by atoms with Crippen molar-refractivity contribution in [2.24, 2.45) is 7.05 Å². The molecule has 2 N–H and O–H groups in total. The summed E-state index contributed by atoms with van der Waals surface area (Å²) in [5, 5.41) is 15.3. The van der Waals surface area contributed by atoms with Gasteiger partial charge in [0.1, 0.15) is 11.7 Å². The van der Waals surface area contributed by atoms with Crippen LogP contribution >= 0.6 is 11.8 Å². The second kappa shape index (κ2) is 6.29. The third-order valence-electron chi connectivity index (χ3n) is 2.16. The first-order valence-electron chi connectivity index (χ1n) is 5.07. The molecule has 0 aliphatic carbocycles. The Hall–Kier alpha value is -1.50. The van der Waals surface area contributed by atoms with Gasteiger partial charge in [0.05, 0.1) is 0 Å². The SMILES string of the molecule is CSCC[C@@H](NC(=O)c1ccn(C)n1)C(=O)O. The molecule has 1 rings (SSSR count). The molecular formula is C10H15N3O3S. The Kier molecular flexibility index (Phi) is 5.02. The van der Waals surface area contributed by atoms with Gasteiger partial charge in [-0.05, 0) is 24.5 Å². The summed E-state index contributed by atoms with van der Waals surface area (Å²) in [5.74, 6) is -0.804. The van der Waals surface area contributed by atoms with Crippen LogP contribution < -0.4 is 5.32 Å². The molecule has 0 saturated heterocycles. The van der Waals surface area contributed by atoms with Crippen molar-refractivity contribution in [1.29, 1.82) is 0 Å². The number of nitrogens with zero attached hydrogens (tertiary/aromatic N) is 2. The number of carboxylic acids is 1. The minimum absolute atomic E-state index is 0.225. The van der Waals surface area contributed by atoms with Crippen molar-refractivity contribution < 1.29 is 14.7 Å². The quantitative estimate of drug-likeness (QED) is 0.768. The lowest BCUT2D eigenvalue weighted by Crippen LogP contribution is -2.41. The van der Waals surface area contributed by atoms with Crippen LogP contribution in [0, 0.1) is 0 Å². The molecule has 0 unspecified atom stereocenters. The maximum atomic E-state index is 11.7. The molecule has 0 radical (unpaired) electrons. The molecule has 0 aliphatic heterocycles. The first kappa shape index (κ1) is 13.6. The molecule has 0 spiro atoms. The van der Waals surface area contributed by atoms with E-state index in [0.29, 0.717) is 12.2 Å². The highest BCUT2D eigenvalue weighted by molar-refractivity contribution is 7.98. The number of hydrogen-bond acceptors (Lipinski definition) is 4. The van der Waals surface area contributed by atoms with Crippen LogP contribution in [0.5, 0.6) is 0 Å². The van der Waals surface area contributed by atoms with Gasteiger partial charge in [0.2, 0.25) is 0 Å². The van der Waals surface area contributed by atoms with Gasteiger partial charge in [0, 0.05) is 13.2 Å². The van der Waals surface area contributed by atoms with Crippen molar-refractivity contribution in [3.8, 4) is 0 Å². The van der Waals surface area contributed by atoms with Crippen molar-refractivity contribution in [3.63, 3.8) is 0 Å². The van der Waals surface area contributed by atoms with Gasteiger partial charge in [-0.25, -0.2) is 4.79 Å². The second-order valence-corrected chi connectivity index (χ2v) is 4.51. The van der Waals surface area contributed by atoms with E-state index in [4.69, 9.17) is 5.11 Å². The third-order valence-corrected chi connectivity index (χ3v) is 2.80. The molecule has 0 aromatic carbocycles. The van der Waals surface area contributed by atoms with Gasteiger partial charge >= 0.3 is 5.97 Å². The van der Waals surface area contributed by atoms with Gasteiger partial charge in [-0.2, -0.15) is 16.9 Å². The molecule has 1 heterocycles. The highest BCUT2D eigenvalue weighted by atomic mass is 32.2.